The fourth-order valence-corrected chi connectivity index (χ4v) is 2.32. The number of nitrogens with one attached hydrogen (secondary N) is 1. The number of piperazine rings is 1. The van der Waals surface area contributed by atoms with Gasteiger partial charge < -0.3 is 10.4 Å². The van der Waals surface area contributed by atoms with Crippen molar-refractivity contribution in [2.24, 2.45) is 0 Å². The maximum Gasteiger partial charge on any atom is 0.0446 e. The summed E-state index contributed by atoms with van der Waals surface area (Å²) in [6.07, 6.45) is 2.06. The van der Waals surface area contributed by atoms with Crippen molar-refractivity contribution < 1.29 is 5.11 Å². The van der Waals surface area contributed by atoms with Crippen LogP contribution in [-0.2, 0) is 0 Å². The van der Waals surface area contributed by atoms with E-state index in [-0.39, 0.29) is 5.54 Å². The average Bonchev–Trinajstić information content (AvgIpc) is 2.19. The minimum Gasteiger partial charge on any atom is -0.396 e. The highest BCUT2D eigenvalue weighted by atomic mass is 16.3. The second-order valence-corrected chi connectivity index (χ2v) is 5.36. The lowest BCUT2D eigenvalue weighted by Crippen LogP contribution is -2.63. The van der Waals surface area contributed by atoms with E-state index in [1.807, 2.05) is 0 Å². The highest BCUT2D eigenvalue weighted by molar-refractivity contribution is 4.93. The van der Waals surface area contributed by atoms with Crippen LogP contribution in [0, 0.1) is 0 Å². The van der Waals surface area contributed by atoms with Crippen molar-refractivity contribution in [2.45, 2.75) is 58.2 Å². The van der Waals surface area contributed by atoms with Crippen molar-refractivity contribution in [3.63, 3.8) is 0 Å². The van der Waals surface area contributed by atoms with Crippen LogP contribution >= 0.6 is 0 Å². The molecule has 90 valence electrons. The maximum absolute atomic E-state index is 9.07. The summed E-state index contributed by atoms with van der Waals surface area (Å²) in [6.45, 7) is 11.4. The molecule has 0 saturated carbocycles. The molecule has 2 N–H and O–H groups in total. The van der Waals surface area contributed by atoms with Crippen LogP contribution in [-0.4, -0.2) is 47.3 Å². The molecule has 1 saturated heterocycles. The zero-order chi connectivity index (χ0) is 11.5. The summed E-state index contributed by atoms with van der Waals surface area (Å²) in [5.74, 6) is 0. The third-order valence-corrected chi connectivity index (χ3v) is 3.48. The van der Waals surface area contributed by atoms with E-state index in [1.54, 1.807) is 0 Å². The Morgan fingerprint density at radius 3 is 2.73 bits per heavy atom. The third-order valence-electron chi connectivity index (χ3n) is 3.48. The molecule has 0 aliphatic carbocycles. The van der Waals surface area contributed by atoms with Gasteiger partial charge in [0.25, 0.3) is 0 Å². The van der Waals surface area contributed by atoms with E-state index in [2.05, 4.69) is 37.9 Å². The van der Waals surface area contributed by atoms with E-state index in [0.29, 0.717) is 18.7 Å². The summed E-state index contributed by atoms with van der Waals surface area (Å²) in [7, 11) is 0. The molecule has 1 heterocycles. The minimum absolute atomic E-state index is 0.204. The van der Waals surface area contributed by atoms with Crippen LogP contribution in [0.3, 0.4) is 0 Å². The molecule has 1 aliphatic rings. The molecule has 0 spiro atoms. The van der Waals surface area contributed by atoms with Crippen LogP contribution in [0.2, 0.25) is 0 Å². The second kappa shape index (κ2) is 5.28. The van der Waals surface area contributed by atoms with Crippen molar-refractivity contribution in [1.29, 1.82) is 0 Å². The number of hydrogen-bond acceptors (Lipinski definition) is 3. The quantitative estimate of drug-likeness (QED) is 0.738. The first-order valence-corrected chi connectivity index (χ1v) is 6.12. The Bertz CT molecular complexity index is 194. The van der Waals surface area contributed by atoms with Gasteiger partial charge in [-0.2, -0.15) is 0 Å². The Morgan fingerprint density at radius 1 is 1.53 bits per heavy atom. The third kappa shape index (κ3) is 3.44. The van der Waals surface area contributed by atoms with Crippen molar-refractivity contribution in [3.05, 3.63) is 0 Å². The summed E-state index contributed by atoms with van der Waals surface area (Å²) in [5, 5.41) is 12.6. The van der Waals surface area contributed by atoms with Crippen LogP contribution in [0.4, 0.5) is 0 Å². The van der Waals surface area contributed by atoms with Crippen LogP contribution in [0.15, 0.2) is 0 Å². The van der Waals surface area contributed by atoms with Crippen LogP contribution in [0.1, 0.15) is 40.5 Å². The van der Waals surface area contributed by atoms with Crippen LogP contribution < -0.4 is 5.32 Å². The van der Waals surface area contributed by atoms with Gasteiger partial charge in [-0.1, -0.05) is 6.92 Å². The fourth-order valence-electron chi connectivity index (χ4n) is 2.32. The van der Waals surface area contributed by atoms with E-state index in [0.717, 1.165) is 19.5 Å². The van der Waals surface area contributed by atoms with Gasteiger partial charge in [0.15, 0.2) is 0 Å². The molecule has 2 unspecified atom stereocenters. The Hall–Kier alpha value is -0.120. The van der Waals surface area contributed by atoms with Gasteiger partial charge in [-0.15, -0.1) is 0 Å². The number of hydrogen-bond donors (Lipinski definition) is 2. The second-order valence-electron chi connectivity index (χ2n) is 5.36. The van der Waals surface area contributed by atoms with Gasteiger partial charge in [-0.05, 0) is 33.6 Å². The minimum atomic E-state index is 0.204. The van der Waals surface area contributed by atoms with Crippen molar-refractivity contribution in [3.8, 4) is 0 Å². The topological polar surface area (TPSA) is 35.5 Å². The molecule has 1 fully saturated rings. The van der Waals surface area contributed by atoms with Gasteiger partial charge in [0.05, 0.1) is 0 Å². The molecule has 0 aromatic heterocycles. The number of rotatable bonds is 4. The maximum atomic E-state index is 9.07. The lowest BCUT2D eigenvalue weighted by Gasteiger charge is -2.47. The van der Waals surface area contributed by atoms with Gasteiger partial charge >= 0.3 is 0 Å². The zero-order valence-corrected chi connectivity index (χ0v) is 10.6. The van der Waals surface area contributed by atoms with E-state index >= 15 is 0 Å². The first-order chi connectivity index (χ1) is 7.00. The normalized spacial score (nSPS) is 29.0. The molecular formula is C12H26N2O. The smallest absolute Gasteiger partial charge is 0.0446 e. The standard InChI is InChI=1S/C12H26N2O/c1-5-10(2)14-9-12(3,4)13-8-11(14)6-7-15/h10-11,13,15H,5-9H2,1-4H3. The summed E-state index contributed by atoms with van der Waals surface area (Å²) in [6, 6.07) is 1.11. The summed E-state index contributed by atoms with van der Waals surface area (Å²) >= 11 is 0. The predicted molar refractivity (Wildman–Crippen MR) is 64.0 cm³/mol. The lowest BCUT2D eigenvalue weighted by molar-refractivity contribution is 0.0456. The largest absolute Gasteiger partial charge is 0.396 e. The SMILES string of the molecule is CCC(C)N1CC(C)(C)NCC1CCO. The van der Waals surface area contributed by atoms with Gasteiger partial charge in [0, 0.05) is 37.3 Å². The van der Waals surface area contributed by atoms with Gasteiger partial charge in [-0.3, -0.25) is 4.90 Å². The Morgan fingerprint density at radius 2 is 2.20 bits per heavy atom. The molecule has 0 aromatic rings. The van der Waals surface area contributed by atoms with Gasteiger partial charge in [0.1, 0.15) is 0 Å². The van der Waals surface area contributed by atoms with Gasteiger partial charge in [-0.25, -0.2) is 0 Å². The average molecular weight is 214 g/mol. The lowest BCUT2D eigenvalue weighted by atomic mass is 9.95. The highest BCUT2D eigenvalue weighted by Gasteiger charge is 2.33. The van der Waals surface area contributed by atoms with Crippen LogP contribution in [0.5, 0.6) is 0 Å². The molecular weight excluding hydrogens is 188 g/mol. The Labute approximate surface area is 93.9 Å². The highest BCUT2D eigenvalue weighted by Crippen LogP contribution is 2.20. The molecule has 0 radical (unpaired) electrons. The Kier molecular flexibility index (Phi) is 4.56. The molecule has 2 atom stereocenters. The number of aliphatic hydroxyl groups excluding tert-OH is 1. The molecule has 1 aliphatic heterocycles. The van der Waals surface area contributed by atoms with E-state index < -0.39 is 0 Å². The number of nitrogens with zero attached hydrogens (tertiary/aromatic N) is 1. The van der Waals surface area contributed by atoms with E-state index in [4.69, 9.17) is 5.11 Å². The van der Waals surface area contributed by atoms with Gasteiger partial charge in [0.2, 0.25) is 0 Å². The molecule has 0 amide bonds. The van der Waals surface area contributed by atoms with E-state index in [9.17, 15) is 0 Å². The van der Waals surface area contributed by atoms with Crippen molar-refractivity contribution in [1.82, 2.24) is 10.2 Å². The monoisotopic (exact) mass is 214 g/mol. The van der Waals surface area contributed by atoms with Crippen molar-refractivity contribution >= 4 is 0 Å². The van der Waals surface area contributed by atoms with E-state index in [1.165, 1.54) is 6.42 Å². The summed E-state index contributed by atoms with van der Waals surface area (Å²) in [5.41, 5.74) is 0.204. The van der Waals surface area contributed by atoms with Crippen LogP contribution in [0.25, 0.3) is 0 Å². The fraction of sp³-hybridized carbons (Fsp3) is 1.00. The zero-order valence-electron chi connectivity index (χ0n) is 10.6. The molecule has 1 rings (SSSR count). The number of aliphatic hydroxyl groups is 1. The molecule has 0 aromatic carbocycles. The molecule has 15 heavy (non-hydrogen) atoms. The Balaban J connectivity index is 2.64. The summed E-state index contributed by atoms with van der Waals surface area (Å²) in [4.78, 5) is 2.55. The first kappa shape index (κ1) is 12.9. The summed E-state index contributed by atoms with van der Waals surface area (Å²) < 4.78 is 0. The first-order valence-electron chi connectivity index (χ1n) is 6.12. The molecule has 0 bridgehead atoms. The molecule has 3 heteroatoms. The molecule has 3 nitrogen and oxygen atoms in total. The predicted octanol–water partition coefficient (Wildman–Crippen LogP) is 1.22. The van der Waals surface area contributed by atoms with Crippen molar-refractivity contribution in [2.75, 3.05) is 19.7 Å².